The largest absolute Gasteiger partial charge is 0.481 e. The molecule has 1 aromatic rings. The van der Waals surface area contributed by atoms with E-state index in [2.05, 4.69) is 5.32 Å². The van der Waals surface area contributed by atoms with Crippen molar-refractivity contribution in [3.05, 3.63) is 35.1 Å². The SMILES string of the molecule is Cc1ccc(F)c(C(=O)NCC2(C(=O)O)CC2)c1. The van der Waals surface area contributed by atoms with Gasteiger partial charge in [0.15, 0.2) is 0 Å². The second-order valence-electron chi connectivity index (χ2n) is 4.75. The number of carbonyl (C=O) groups excluding carboxylic acids is 1. The summed E-state index contributed by atoms with van der Waals surface area (Å²) in [5.74, 6) is -2.07. The Morgan fingerprint density at radius 1 is 1.44 bits per heavy atom. The molecule has 0 spiro atoms. The van der Waals surface area contributed by atoms with Crippen LogP contribution in [0, 0.1) is 18.2 Å². The molecule has 1 aromatic carbocycles. The molecule has 1 aliphatic carbocycles. The molecule has 96 valence electrons. The summed E-state index contributed by atoms with van der Waals surface area (Å²) >= 11 is 0. The van der Waals surface area contributed by atoms with Gasteiger partial charge in [0, 0.05) is 6.54 Å². The number of carboxylic acids is 1. The Morgan fingerprint density at radius 2 is 2.11 bits per heavy atom. The number of benzene rings is 1. The van der Waals surface area contributed by atoms with Gasteiger partial charge in [-0.1, -0.05) is 11.6 Å². The van der Waals surface area contributed by atoms with Crippen molar-refractivity contribution in [3.63, 3.8) is 0 Å². The van der Waals surface area contributed by atoms with Crippen LogP contribution in [0.2, 0.25) is 0 Å². The van der Waals surface area contributed by atoms with E-state index in [1.165, 1.54) is 12.1 Å². The van der Waals surface area contributed by atoms with Gasteiger partial charge in [0.2, 0.25) is 0 Å². The molecule has 1 fully saturated rings. The fourth-order valence-electron chi connectivity index (χ4n) is 1.77. The summed E-state index contributed by atoms with van der Waals surface area (Å²) in [6.45, 7) is 1.81. The van der Waals surface area contributed by atoms with Gasteiger partial charge in [0.05, 0.1) is 11.0 Å². The highest BCUT2D eigenvalue weighted by molar-refractivity contribution is 5.95. The van der Waals surface area contributed by atoms with Crippen LogP contribution in [0.1, 0.15) is 28.8 Å². The molecule has 18 heavy (non-hydrogen) atoms. The molecule has 2 rings (SSSR count). The number of hydrogen-bond acceptors (Lipinski definition) is 2. The first-order valence-corrected chi connectivity index (χ1v) is 5.72. The Labute approximate surface area is 104 Å². The van der Waals surface area contributed by atoms with Gasteiger partial charge >= 0.3 is 5.97 Å². The molecule has 1 amide bonds. The minimum atomic E-state index is -0.910. The molecule has 0 saturated heterocycles. The van der Waals surface area contributed by atoms with Gasteiger partial charge in [0.25, 0.3) is 5.91 Å². The number of hydrogen-bond donors (Lipinski definition) is 2. The van der Waals surface area contributed by atoms with Crippen LogP contribution in [0.15, 0.2) is 18.2 Å². The number of rotatable bonds is 4. The smallest absolute Gasteiger partial charge is 0.311 e. The molecule has 0 aromatic heterocycles. The van der Waals surface area contributed by atoms with Gasteiger partial charge in [-0.2, -0.15) is 0 Å². The van der Waals surface area contributed by atoms with Gasteiger partial charge in [-0.3, -0.25) is 9.59 Å². The van der Waals surface area contributed by atoms with E-state index in [1.807, 2.05) is 0 Å². The Morgan fingerprint density at radius 3 is 2.67 bits per heavy atom. The third-order valence-corrected chi connectivity index (χ3v) is 3.26. The van der Waals surface area contributed by atoms with E-state index in [1.54, 1.807) is 13.0 Å². The number of halogens is 1. The minimum Gasteiger partial charge on any atom is -0.481 e. The highest BCUT2D eigenvalue weighted by atomic mass is 19.1. The first-order chi connectivity index (χ1) is 8.44. The van der Waals surface area contributed by atoms with Crippen LogP contribution in [0.25, 0.3) is 0 Å². The van der Waals surface area contributed by atoms with Gasteiger partial charge in [0.1, 0.15) is 5.82 Å². The molecular formula is C13H14FNO3. The molecule has 5 heteroatoms. The van der Waals surface area contributed by atoms with Crippen molar-refractivity contribution in [1.29, 1.82) is 0 Å². The van der Waals surface area contributed by atoms with Crippen molar-refractivity contribution in [2.24, 2.45) is 5.41 Å². The molecule has 4 nitrogen and oxygen atoms in total. The summed E-state index contributed by atoms with van der Waals surface area (Å²) in [5.41, 5.74) is -0.104. The number of carboxylic acid groups (broad SMARTS) is 1. The lowest BCUT2D eigenvalue weighted by Crippen LogP contribution is -2.34. The summed E-state index contributed by atoms with van der Waals surface area (Å²) in [5, 5.41) is 11.5. The molecule has 0 unspecified atom stereocenters. The fraction of sp³-hybridized carbons (Fsp3) is 0.385. The Kier molecular flexibility index (Phi) is 3.07. The summed E-state index contributed by atoms with van der Waals surface area (Å²) in [6, 6.07) is 4.26. The van der Waals surface area contributed by atoms with E-state index in [0.29, 0.717) is 12.8 Å². The second kappa shape index (κ2) is 4.40. The van der Waals surface area contributed by atoms with Crippen molar-refractivity contribution in [2.45, 2.75) is 19.8 Å². The van der Waals surface area contributed by atoms with Crippen molar-refractivity contribution in [2.75, 3.05) is 6.54 Å². The molecule has 0 radical (unpaired) electrons. The van der Waals surface area contributed by atoms with Gasteiger partial charge in [-0.05, 0) is 31.9 Å². The minimum absolute atomic E-state index is 0.0452. The molecule has 0 atom stereocenters. The Hall–Kier alpha value is -1.91. The number of aliphatic carboxylic acids is 1. The normalized spacial score (nSPS) is 16.1. The number of amides is 1. The monoisotopic (exact) mass is 251 g/mol. The average molecular weight is 251 g/mol. The predicted octanol–water partition coefficient (Wildman–Crippen LogP) is 1.73. The van der Waals surface area contributed by atoms with Crippen molar-refractivity contribution in [1.82, 2.24) is 5.32 Å². The van der Waals surface area contributed by atoms with Crippen molar-refractivity contribution < 1.29 is 19.1 Å². The zero-order chi connectivity index (χ0) is 13.3. The van der Waals surface area contributed by atoms with Crippen LogP contribution in [0.5, 0.6) is 0 Å². The lowest BCUT2D eigenvalue weighted by atomic mass is 10.1. The molecule has 0 heterocycles. The Bertz CT molecular complexity index is 509. The quantitative estimate of drug-likeness (QED) is 0.856. The molecule has 0 bridgehead atoms. The summed E-state index contributed by atoms with van der Waals surface area (Å²) in [6.07, 6.45) is 1.11. The number of aryl methyl sites for hydroxylation is 1. The predicted molar refractivity (Wildman–Crippen MR) is 62.8 cm³/mol. The summed E-state index contributed by atoms with van der Waals surface area (Å²) in [4.78, 5) is 22.7. The van der Waals surface area contributed by atoms with E-state index >= 15 is 0 Å². The topological polar surface area (TPSA) is 66.4 Å². The third-order valence-electron chi connectivity index (χ3n) is 3.26. The summed E-state index contributed by atoms with van der Waals surface area (Å²) < 4.78 is 13.4. The van der Waals surface area contributed by atoms with E-state index in [-0.39, 0.29) is 12.1 Å². The lowest BCUT2D eigenvalue weighted by Gasteiger charge is -2.11. The van der Waals surface area contributed by atoms with E-state index in [9.17, 15) is 14.0 Å². The molecule has 1 aliphatic rings. The van der Waals surface area contributed by atoms with E-state index < -0.39 is 23.1 Å². The first kappa shape index (κ1) is 12.5. The van der Waals surface area contributed by atoms with Crippen LogP contribution in [-0.4, -0.2) is 23.5 Å². The van der Waals surface area contributed by atoms with Crippen LogP contribution in [0.3, 0.4) is 0 Å². The molecule has 0 aliphatic heterocycles. The van der Waals surface area contributed by atoms with Gasteiger partial charge in [-0.25, -0.2) is 4.39 Å². The van der Waals surface area contributed by atoms with Crippen molar-refractivity contribution >= 4 is 11.9 Å². The molecule has 1 saturated carbocycles. The maximum atomic E-state index is 13.4. The summed E-state index contributed by atoms with van der Waals surface area (Å²) in [7, 11) is 0. The molecule has 2 N–H and O–H groups in total. The fourth-order valence-corrected chi connectivity index (χ4v) is 1.77. The third kappa shape index (κ3) is 2.34. The Balaban J connectivity index is 2.04. The number of nitrogens with one attached hydrogen (secondary N) is 1. The zero-order valence-corrected chi connectivity index (χ0v) is 10.00. The zero-order valence-electron chi connectivity index (χ0n) is 10.00. The maximum absolute atomic E-state index is 13.4. The standard InChI is InChI=1S/C13H14FNO3/c1-8-2-3-10(14)9(6-8)11(16)15-7-13(4-5-13)12(17)18/h2-3,6H,4-5,7H2,1H3,(H,15,16)(H,17,18). The van der Waals surface area contributed by atoms with Gasteiger partial charge < -0.3 is 10.4 Å². The maximum Gasteiger partial charge on any atom is 0.311 e. The van der Waals surface area contributed by atoms with E-state index in [0.717, 1.165) is 5.56 Å². The number of carbonyl (C=O) groups is 2. The van der Waals surface area contributed by atoms with Crippen LogP contribution >= 0.6 is 0 Å². The lowest BCUT2D eigenvalue weighted by molar-refractivity contribution is -0.143. The van der Waals surface area contributed by atoms with E-state index in [4.69, 9.17) is 5.11 Å². The average Bonchev–Trinajstić information content (AvgIpc) is 3.10. The van der Waals surface area contributed by atoms with Crippen LogP contribution in [-0.2, 0) is 4.79 Å². The van der Waals surface area contributed by atoms with Crippen molar-refractivity contribution in [3.8, 4) is 0 Å². The highest BCUT2D eigenvalue weighted by Gasteiger charge is 2.50. The highest BCUT2D eigenvalue weighted by Crippen LogP contribution is 2.45. The molecular weight excluding hydrogens is 237 g/mol. The van der Waals surface area contributed by atoms with Crippen LogP contribution in [0.4, 0.5) is 4.39 Å². The van der Waals surface area contributed by atoms with Crippen LogP contribution < -0.4 is 5.32 Å². The second-order valence-corrected chi connectivity index (χ2v) is 4.75. The van der Waals surface area contributed by atoms with Gasteiger partial charge in [-0.15, -0.1) is 0 Å². The first-order valence-electron chi connectivity index (χ1n) is 5.72.